The lowest BCUT2D eigenvalue weighted by Crippen LogP contribution is -2.55. The largest absolute Gasteiger partial charge is 0.334 e. The minimum atomic E-state index is -0.146. The number of hydrazone groups is 1. The van der Waals surface area contributed by atoms with Gasteiger partial charge in [-0.2, -0.15) is 5.10 Å². The second kappa shape index (κ2) is 9.28. The van der Waals surface area contributed by atoms with Gasteiger partial charge in [0.15, 0.2) is 0 Å². The number of carbonyl (C=O) groups is 3. The lowest BCUT2D eigenvalue weighted by atomic mass is 10.1. The number of piperazine rings is 1. The number of carbonyl (C=O) groups excluding carboxylic acids is 3. The number of benzene rings is 1. The van der Waals surface area contributed by atoms with Crippen molar-refractivity contribution >= 4 is 29.2 Å². The maximum atomic E-state index is 13.1. The third-order valence-corrected chi connectivity index (χ3v) is 5.74. The van der Waals surface area contributed by atoms with Crippen molar-refractivity contribution in [2.75, 3.05) is 44.3 Å². The van der Waals surface area contributed by atoms with E-state index in [1.54, 1.807) is 14.7 Å². The minimum absolute atomic E-state index is 0.0220. The van der Waals surface area contributed by atoms with Crippen LogP contribution in [0.5, 0.6) is 0 Å². The van der Waals surface area contributed by atoms with Gasteiger partial charge in [-0.3, -0.25) is 9.59 Å². The van der Waals surface area contributed by atoms with E-state index in [1.807, 2.05) is 45.9 Å². The van der Waals surface area contributed by atoms with Crippen molar-refractivity contribution in [1.29, 1.82) is 0 Å². The summed E-state index contributed by atoms with van der Waals surface area (Å²) in [6.45, 7) is 11.1. The van der Waals surface area contributed by atoms with Gasteiger partial charge < -0.3 is 14.7 Å². The van der Waals surface area contributed by atoms with E-state index < -0.39 is 0 Å². The predicted octanol–water partition coefficient (Wildman–Crippen LogP) is 2.39. The highest BCUT2D eigenvalue weighted by Crippen LogP contribution is 2.26. The van der Waals surface area contributed by atoms with Gasteiger partial charge in [0.1, 0.15) is 5.71 Å². The Balaban J connectivity index is 1.70. The molecule has 1 fully saturated rings. The van der Waals surface area contributed by atoms with Crippen molar-refractivity contribution in [1.82, 2.24) is 14.7 Å². The van der Waals surface area contributed by atoms with Crippen molar-refractivity contribution in [3.8, 4) is 0 Å². The molecule has 8 heteroatoms. The van der Waals surface area contributed by atoms with Crippen molar-refractivity contribution in [2.45, 2.75) is 40.5 Å². The first-order valence-corrected chi connectivity index (χ1v) is 10.7. The predicted molar refractivity (Wildman–Crippen MR) is 117 cm³/mol. The Kier molecular flexibility index (Phi) is 6.74. The van der Waals surface area contributed by atoms with Crippen LogP contribution in [-0.4, -0.2) is 77.5 Å². The first kappa shape index (κ1) is 21.8. The summed E-state index contributed by atoms with van der Waals surface area (Å²) in [6.07, 6.45) is 0.607. The van der Waals surface area contributed by atoms with Crippen molar-refractivity contribution in [3.05, 3.63) is 29.3 Å². The summed E-state index contributed by atoms with van der Waals surface area (Å²) in [5.41, 5.74) is 3.10. The maximum absolute atomic E-state index is 13.1. The van der Waals surface area contributed by atoms with Crippen LogP contribution >= 0.6 is 0 Å². The molecular weight excluding hydrogens is 382 g/mol. The van der Waals surface area contributed by atoms with Gasteiger partial charge in [0, 0.05) is 52.1 Å². The fourth-order valence-electron chi connectivity index (χ4n) is 3.82. The summed E-state index contributed by atoms with van der Waals surface area (Å²) in [4.78, 5) is 43.4. The molecule has 0 atom stereocenters. The van der Waals surface area contributed by atoms with E-state index in [-0.39, 0.29) is 24.3 Å². The molecule has 8 nitrogen and oxygen atoms in total. The van der Waals surface area contributed by atoms with E-state index in [0.717, 1.165) is 16.8 Å². The van der Waals surface area contributed by atoms with Crippen LogP contribution in [0, 0.1) is 13.8 Å². The molecule has 0 aliphatic carbocycles. The smallest absolute Gasteiger partial charge is 0.320 e. The number of anilines is 1. The summed E-state index contributed by atoms with van der Waals surface area (Å²) in [6, 6.07) is 5.88. The molecule has 0 unspecified atom stereocenters. The lowest BCUT2D eigenvalue weighted by Gasteiger charge is -2.37. The van der Waals surface area contributed by atoms with Crippen LogP contribution in [0.2, 0.25) is 0 Å². The zero-order valence-electron chi connectivity index (χ0n) is 18.3. The van der Waals surface area contributed by atoms with Crippen molar-refractivity contribution in [2.24, 2.45) is 5.10 Å². The van der Waals surface area contributed by atoms with E-state index in [0.29, 0.717) is 51.4 Å². The third-order valence-electron chi connectivity index (χ3n) is 5.74. The van der Waals surface area contributed by atoms with Crippen LogP contribution in [0.15, 0.2) is 23.3 Å². The molecule has 0 spiro atoms. The fraction of sp³-hybridized carbons (Fsp3) is 0.545. The molecule has 0 N–H and O–H groups in total. The van der Waals surface area contributed by atoms with Crippen LogP contribution in [0.4, 0.5) is 10.5 Å². The van der Waals surface area contributed by atoms with Crippen LogP contribution in [0.1, 0.15) is 37.8 Å². The van der Waals surface area contributed by atoms with Gasteiger partial charge in [-0.1, -0.05) is 12.1 Å². The lowest BCUT2D eigenvalue weighted by molar-refractivity contribution is -0.125. The van der Waals surface area contributed by atoms with Crippen LogP contribution in [-0.2, 0) is 9.59 Å². The van der Waals surface area contributed by atoms with Gasteiger partial charge in [-0.25, -0.2) is 9.80 Å². The molecule has 0 aromatic heterocycles. The van der Waals surface area contributed by atoms with E-state index in [2.05, 4.69) is 5.10 Å². The molecule has 1 aromatic carbocycles. The van der Waals surface area contributed by atoms with Crippen molar-refractivity contribution in [3.63, 3.8) is 0 Å². The summed E-state index contributed by atoms with van der Waals surface area (Å²) < 4.78 is 0. The molecule has 0 radical (unpaired) electrons. The third kappa shape index (κ3) is 4.47. The highest BCUT2D eigenvalue weighted by atomic mass is 16.2. The van der Waals surface area contributed by atoms with E-state index in [9.17, 15) is 14.4 Å². The number of amides is 4. The molecule has 2 heterocycles. The summed E-state index contributed by atoms with van der Waals surface area (Å²) >= 11 is 0. The Bertz CT molecular complexity index is 854. The fourth-order valence-corrected chi connectivity index (χ4v) is 3.82. The van der Waals surface area contributed by atoms with Gasteiger partial charge in [0.2, 0.25) is 5.91 Å². The molecule has 1 saturated heterocycles. The zero-order chi connectivity index (χ0) is 21.8. The van der Waals surface area contributed by atoms with Gasteiger partial charge in [0.25, 0.3) is 5.91 Å². The monoisotopic (exact) mass is 413 g/mol. The Labute approximate surface area is 178 Å². The summed E-state index contributed by atoms with van der Waals surface area (Å²) in [5.74, 6) is -0.248. The molecule has 0 bridgehead atoms. The first-order chi connectivity index (χ1) is 14.3. The molecule has 4 amide bonds. The molecule has 162 valence electrons. The summed E-state index contributed by atoms with van der Waals surface area (Å²) in [7, 11) is 0. The number of nitrogens with zero attached hydrogens (tertiary/aromatic N) is 5. The number of rotatable bonds is 4. The van der Waals surface area contributed by atoms with Gasteiger partial charge in [0.05, 0.1) is 5.69 Å². The van der Waals surface area contributed by atoms with Crippen LogP contribution in [0.3, 0.4) is 0 Å². The minimum Gasteiger partial charge on any atom is -0.334 e. The van der Waals surface area contributed by atoms with Gasteiger partial charge in [-0.15, -0.1) is 0 Å². The van der Waals surface area contributed by atoms with Crippen LogP contribution in [0.25, 0.3) is 0 Å². The number of urea groups is 1. The average molecular weight is 414 g/mol. The molecule has 3 rings (SSSR count). The standard InChI is InChI=1S/C22H31N5O3/c1-5-24(6-2)22(30)26-13-11-25(12-14-26)21(29)18-9-10-20(28)27(23-18)19-15-16(3)7-8-17(19)4/h7-8,15H,5-6,9-14H2,1-4H3. The zero-order valence-corrected chi connectivity index (χ0v) is 18.3. The topological polar surface area (TPSA) is 76.5 Å². The van der Waals surface area contributed by atoms with E-state index in [1.165, 1.54) is 5.01 Å². The second-order valence-corrected chi connectivity index (χ2v) is 7.78. The summed E-state index contributed by atoms with van der Waals surface area (Å²) in [5, 5.41) is 5.81. The van der Waals surface area contributed by atoms with E-state index >= 15 is 0 Å². The van der Waals surface area contributed by atoms with Gasteiger partial charge >= 0.3 is 6.03 Å². The molecule has 2 aliphatic heterocycles. The number of aryl methyl sites for hydroxylation is 2. The SMILES string of the molecule is CCN(CC)C(=O)N1CCN(C(=O)C2=NN(c3cc(C)ccc3C)C(=O)CC2)CC1. The maximum Gasteiger partial charge on any atom is 0.320 e. The number of hydrogen-bond donors (Lipinski definition) is 0. The Morgan fingerprint density at radius 1 is 1.00 bits per heavy atom. The Morgan fingerprint density at radius 2 is 1.63 bits per heavy atom. The molecular formula is C22H31N5O3. The quantitative estimate of drug-likeness (QED) is 0.761. The normalized spacial score (nSPS) is 17.1. The Hall–Kier alpha value is -2.90. The average Bonchev–Trinajstić information content (AvgIpc) is 2.76. The molecule has 1 aromatic rings. The number of hydrogen-bond acceptors (Lipinski definition) is 4. The molecule has 0 saturated carbocycles. The van der Waals surface area contributed by atoms with Crippen LogP contribution < -0.4 is 5.01 Å². The first-order valence-electron chi connectivity index (χ1n) is 10.7. The highest BCUT2D eigenvalue weighted by molar-refractivity contribution is 6.40. The van der Waals surface area contributed by atoms with E-state index in [4.69, 9.17) is 0 Å². The molecule has 30 heavy (non-hydrogen) atoms. The van der Waals surface area contributed by atoms with Gasteiger partial charge in [-0.05, 0) is 44.9 Å². The highest BCUT2D eigenvalue weighted by Gasteiger charge is 2.32. The Morgan fingerprint density at radius 3 is 2.27 bits per heavy atom. The second-order valence-electron chi connectivity index (χ2n) is 7.78. The van der Waals surface area contributed by atoms with Crippen molar-refractivity contribution < 1.29 is 14.4 Å². The molecule has 2 aliphatic rings.